The minimum absolute atomic E-state index is 0.608. The first-order chi connectivity index (χ1) is 4.63. The molecule has 0 aromatic carbocycles. The summed E-state index contributed by atoms with van der Waals surface area (Å²) in [5, 5.41) is 0. The monoisotopic (exact) mass is 137 g/mol. The van der Waals surface area contributed by atoms with E-state index in [1.54, 1.807) is 0 Å². The zero-order valence-electron chi connectivity index (χ0n) is 7.39. The van der Waals surface area contributed by atoms with Crippen LogP contribution in [0.15, 0.2) is 18.2 Å². The van der Waals surface area contributed by atoms with Gasteiger partial charge >= 0.3 is 0 Å². The molecule has 0 bridgehead atoms. The van der Waals surface area contributed by atoms with Crippen molar-refractivity contribution in [3.05, 3.63) is 24.3 Å². The van der Waals surface area contributed by atoms with Gasteiger partial charge in [0.15, 0.2) is 0 Å². The average molecular weight is 137 g/mol. The van der Waals surface area contributed by atoms with Gasteiger partial charge in [-0.15, -0.1) is 0 Å². The summed E-state index contributed by atoms with van der Waals surface area (Å²) in [5.41, 5.74) is 0. The molecule has 1 radical (unpaired) electrons. The van der Waals surface area contributed by atoms with Gasteiger partial charge in [-0.05, 0) is 17.9 Å². The Morgan fingerprint density at radius 1 is 1.00 bits per heavy atom. The van der Waals surface area contributed by atoms with Gasteiger partial charge in [-0.2, -0.15) is 0 Å². The van der Waals surface area contributed by atoms with E-state index in [0.29, 0.717) is 11.8 Å². The normalized spacial score (nSPS) is 13.0. The third-order valence-electron chi connectivity index (χ3n) is 1.01. The second kappa shape index (κ2) is 5.28. The van der Waals surface area contributed by atoms with Crippen LogP contribution in [0, 0.1) is 17.9 Å². The van der Waals surface area contributed by atoms with Gasteiger partial charge in [-0.25, -0.2) is 0 Å². The van der Waals surface area contributed by atoms with Crippen molar-refractivity contribution in [3.8, 4) is 0 Å². The van der Waals surface area contributed by atoms with Crippen LogP contribution in [0.5, 0.6) is 0 Å². The summed E-state index contributed by atoms with van der Waals surface area (Å²) in [4.78, 5) is 0. The fraction of sp³-hybridized carbons (Fsp3) is 0.600. The summed E-state index contributed by atoms with van der Waals surface area (Å²) in [5.74, 6) is 1.24. The fourth-order valence-electron chi connectivity index (χ4n) is 0.496. The van der Waals surface area contributed by atoms with E-state index in [-0.39, 0.29) is 0 Å². The first-order valence-corrected chi connectivity index (χ1v) is 3.89. The van der Waals surface area contributed by atoms with Gasteiger partial charge in [0.2, 0.25) is 0 Å². The number of allylic oxidation sites excluding steroid dienone is 4. The van der Waals surface area contributed by atoms with Crippen molar-refractivity contribution in [1.29, 1.82) is 0 Å². The van der Waals surface area contributed by atoms with Gasteiger partial charge in [-0.3, -0.25) is 0 Å². The zero-order chi connectivity index (χ0) is 7.98. The minimum atomic E-state index is 0.608. The van der Waals surface area contributed by atoms with E-state index in [4.69, 9.17) is 0 Å². The summed E-state index contributed by atoms with van der Waals surface area (Å²) in [6.45, 7) is 8.62. The van der Waals surface area contributed by atoms with Crippen LogP contribution in [-0.4, -0.2) is 0 Å². The molecule has 0 nitrogen and oxygen atoms in total. The van der Waals surface area contributed by atoms with Crippen LogP contribution in [0.4, 0.5) is 0 Å². The maximum absolute atomic E-state index is 3.11. The Morgan fingerprint density at radius 2 is 1.60 bits per heavy atom. The van der Waals surface area contributed by atoms with Crippen LogP contribution < -0.4 is 0 Å². The highest BCUT2D eigenvalue weighted by molar-refractivity contribution is 4.97. The minimum Gasteiger partial charge on any atom is -0.0814 e. The van der Waals surface area contributed by atoms with Crippen molar-refractivity contribution in [2.45, 2.75) is 27.7 Å². The van der Waals surface area contributed by atoms with E-state index in [9.17, 15) is 0 Å². The quantitative estimate of drug-likeness (QED) is 0.524. The van der Waals surface area contributed by atoms with Crippen molar-refractivity contribution in [1.82, 2.24) is 0 Å². The average Bonchev–Trinajstić information content (AvgIpc) is 1.79. The molecule has 0 unspecified atom stereocenters. The summed E-state index contributed by atoms with van der Waals surface area (Å²) < 4.78 is 0. The highest BCUT2D eigenvalue weighted by atomic mass is 13.9. The molecule has 57 valence electrons. The molecule has 0 saturated heterocycles. The van der Waals surface area contributed by atoms with E-state index in [2.05, 4.69) is 45.9 Å². The molecule has 0 aliphatic carbocycles. The second-order valence-corrected chi connectivity index (χ2v) is 3.18. The summed E-state index contributed by atoms with van der Waals surface area (Å²) in [7, 11) is 0. The SMILES string of the molecule is CC(C)/C=[C]/C=C/C(C)C. The molecule has 0 heteroatoms. The van der Waals surface area contributed by atoms with Gasteiger partial charge < -0.3 is 0 Å². The van der Waals surface area contributed by atoms with E-state index in [1.807, 2.05) is 6.08 Å². The maximum atomic E-state index is 3.11. The van der Waals surface area contributed by atoms with E-state index in [1.165, 1.54) is 0 Å². The third-order valence-corrected chi connectivity index (χ3v) is 1.01. The first kappa shape index (κ1) is 9.48. The molecule has 0 spiro atoms. The summed E-state index contributed by atoms with van der Waals surface area (Å²) in [6.07, 6.45) is 9.31. The third kappa shape index (κ3) is 7.48. The lowest BCUT2D eigenvalue weighted by molar-refractivity contribution is 0.822. The number of hydrogen-bond donors (Lipinski definition) is 0. The van der Waals surface area contributed by atoms with Crippen LogP contribution in [0.1, 0.15) is 27.7 Å². The molecule has 0 aromatic heterocycles. The lowest BCUT2D eigenvalue weighted by Gasteiger charge is -1.91. The van der Waals surface area contributed by atoms with Crippen LogP contribution >= 0.6 is 0 Å². The smallest absolute Gasteiger partial charge is 0.0228 e. The van der Waals surface area contributed by atoms with Gasteiger partial charge in [0, 0.05) is 0 Å². The Morgan fingerprint density at radius 3 is 2.00 bits per heavy atom. The predicted octanol–water partition coefficient (Wildman–Crippen LogP) is 3.21. The molecule has 10 heavy (non-hydrogen) atoms. The summed E-state index contributed by atoms with van der Waals surface area (Å²) >= 11 is 0. The standard InChI is InChI=1S/C10H17/c1-9(2)7-5-6-8-10(3)4/h5,7-10H,1-4H3/b7-5+,8-6?. The Balaban J connectivity index is 3.52. The molecule has 0 saturated carbocycles. The van der Waals surface area contributed by atoms with E-state index in [0.717, 1.165) is 0 Å². The van der Waals surface area contributed by atoms with E-state index >= 15 is 0 Å². The van der Waals surface area contributed by atoms with Crippen LogP contribution in [0.25, 0.3) is 0 Å². The molecule has 0 amide bonds. The van der Waals surface area contributed by atoms with Crippen LogP contribution in [0.3, 0.4) is 0 Å². The first-order valence-electron chi connectivity index (χ1n) is 3.89. The predicted molar refractivity (Wildman–Crippen MR) is 46.6 cm³/mol. The molecule has 0 fully saturated rings. The van der Waals surface area contributed by atoms with Crippen molar-refractivity contribution >= 4 is 0 Å². The topological polar surface area (TPSA) is 0 Å². The Hall–Kier alpha value is -0.520. The fourth-order valence-corrected chi connectivity index (χ4v) is 0.496. The molecular weight excluding hydrogens is 120 g/mol. The zero-order valence-corrected chi connectivity index (χ0v) is 7.39. The lowest BCUT2D eigenvalue weighted by Crippen LogP contribution is -1.77. The largest absolute Gasteiger partial charge is 0.0814 e. The molecular formula is C10H17. The highest BCUT2D eigenvalue weighted by Gasteiger charge is 1.82. The maximum Gasteiger partial charge on any atom is -0.0228 e. The summed E-state index contributed by atoms with van der Waals surface area (Å²) in [6, 6.07) is 0. The van der Waals surface area contributed by atoms with Crippen LogP contribution in [0.2, 0.25) is 0 Å². The second-order valence-electron chi connectivity index (χ2n) is 3.18. The Labute approximate surface area is 64.6 Å². The van der Waals surface area contributed by atoms with Gasteiger partial charge in [-0.1, -0.05) is 45.9 Å². The van der Waals surface area contributed by atoms with Crippen LogP contribution in [-0.2, 0) is 0 Å². The van der Waals surface area contributed by atoms with Crippen molar-refractivity contribution < 1.29 is 0 Å². The molecule has 0 rings (SSSR count). The van der Waals surface area contributed by atoms with Gasteiger partial charge in [0.1, 0.15) is 0 Å². The van der Waals surface area contributed by atoms with Gasteiger partial charge in [0.25, 0.3) is 0 Å². The molecule has 0 N–H and O–H groups in total. The van der Waals surface area contributed by atoms with Crippen molar-refractivity contribution in [3.63, 3.8) is 0 Å². The molecule has 0 aliphatic heterocycles. The van der Waals surface area contributed by atoms with E-state index < -0.39 is 0 Å². The van der Waals surface area contributed by atoms with Gasteiger partial charge in [0.05, 0.1) is 0 Å². The van der Waals surface area contributed by atoms with Crippen molar-refractivity contribution in [2.24, 2.45) is 11.8 Å². The Kier molecular flexibility index (Phi) is 5.00. The molecule has 0 heterocycles. The lowest BCUT2D eigenvalue weighted by atomic mass is 10.2. The molecule has 0 aromatic rings. The number of rotatable bonds is 3. The Bertz CT molecular complexity index is 100. The number of hydrogen-bond acceptors (Lipinski definition) is 0. The molecule has 0 atom stereocenters. The molecule has 0 aliphatic rings. The highest BCUT2D eigenvalue weighted by Crippen LogP contribution is 1.95. The van der Waals surface area contributed by atoms with Crippen molar-refractivity contribution in [2.75, 3.05) is 0 Å².